The molecule has 0 saturated heterocycles. The first-order valence-corrected chi connectivity index (χ1v) is 9.95. The molecule has 0 aromatic heterocycles. The Morgan fingerprint density at radius 3 is 1.72 bits per heavy atom. The molecular weight excluding hydrogens is 265 g/mol. The van der Waals surface area contributed by atoms with E-state index in [1.165, 1.54) is 0 Å². The van der Waals surface area contributed by atoms with Gasteiger partial charge in [-0.3, -0.25) is 0 Å². The van der Waals surface area contributed by atoms with E-state index in [9.17, 15) is 8.77 Å². The lowest BCUT2D eigenvalue weighted by molar-refractivity contribution is 0.406. The molecule has 0 radical (unpaired) electrons. The quantitative estimate of drug-likeness (QED) is 0.757. The van der Waals surface area contributed by atoms with Gasteiger partial charge in [0.1, 0.15) is 7.14 Å². The van der Waals surface area contributed by atoms with Crippen LogP contribution in [0.3, 0.4) is 0 Å². The SMILES string of the molecule is CCP(=O)(CC)[C@](C)(N[S@@](=O)C(C)(C)C)C(C)C. The van der Waals surface area contributed by atoms with Crippen molar-refractivity contribution in [3.63, 3.8) is 0 Å². The van der Waals surface area contributed by atoms with Gasteiger partial charge in [-0.15, -0.1) is 0 Å². The van der Waals surface area contributed by atoms with Crippen molar-refractivity contribution < 1.29 is 8.77 Å². The first kappa shape index (κ1) is 18.3. The van der Waals surface area contributed by atoms with E-state index in [0.29, 0.717) is 12.3 Å². The largest absolute Gasteiger partial charge is 0.322 e. The molecule has 0 bridgehead atoms. The topological polar surface area (TPSA) is 46.2 Å². The molecule has 0 aliphatic heterocycles. The van der Waals surface area contributed by atoms with E-state index in [2.05, 4.69) is 4.72 Å². The van der Waals surface area contributed by atoms with Crippen LogP contribution in [0.4, 0.5) is 0 Å². The highest BCUT2D eigenvalue weighted by molar-refractivity contribution is 7.85. The Morgan fingerprint density at radius 2 is 1.50 bits per heavy atom. The van der Waals surface area contributed by atoms with Crippen molar-refractivity contribution in [3.8, 4) is 0 Å². The third-order valence-electron chi connectivity index (χ3n) is 3.85. The molecule has 0 rings (SSSR count). The van der Waals surface area contributed by atoms with Crippen LogP contribution >= 0.6 is 7.14 Å². The zero-order valence-electron chi connectivity index (χ0n) is 13.2. The van der Waals surface area contributed by atoms with E-state index in [-0.39, 0.29) is 10.7 Å². The van der Waals surface area contributed by atoms with Crippen molar-refractivity contribution in [1.82, 2.24) is 4.72 Å². The third kappa shape index (κ3) is 3.68. The second-order valence-electron chi connectivity index (χ2n) is 6.31. The molecular formula is C13H30NO2PS. The maximum atomic E-state index is 13.1. The molecule has 5 heteroatoms. The summed E-state index contributed by atoms with van der Waals surface area (Å²) < 4.78 is 28.3. The Hall–Kier alpha value is 0.340. The van der Waals surface area contributed by atoms with Gasteiger partial charge in [-0.05, 0) is 45.9 Å². The third-order valence-corrected chi connectivity index (χ3v) is 10.1. The van der Waals surface area contributed by atoms with E-state index in [0.717, 1.165) is 0 Å². The molecule has 0 heterocycles. The van der Waals surface area contributed by atoms with Crippen LogP contribution < -0.4 is 4.72 Å². The molecule has 0 spiro atoms. The number of rotatable bonds is 6. The molecule has 0 unspecified atom stereocenters. The predicted octanol–water partition coefficient (Wildman–Crippen LogP) is 3.81. The average molecular weight is 295 g/mol. The van der Waals surface area contributed by atoms with Gasteiger partial charge in [0.25, 0.3) is 0 Å². The summed E-state index contributed by atoms with van der Waals surface area (Å²) in [5, 5.41) is -0.561. The van der Waals surface area contributed by atoms with Crippen LogP contribution in [0.2, 0.25) is 0 Å². The van der Waals surface area contributed by atoms with Gasteiger partial charge in [-0.2, -0.15) is 0 Å². The Labute approximate surface area is 115 Å². The van der Waals surface area contributed by atoms with Crippen LogP contribution in [-0.2, 0) is 15.6 Å². The Balaban J connectivity index is 5.44. The summed E-state index contributed by atoms with van der Waals surface area (Å²) in [5.41, 5.74) is 0. The monoisotopic (exact) mass is 295 g/mol. The Morgan fingerprint density at radius 1 is 1.11 bits per heavy atom. The zero-order valence-corrected chi connectivity index (χ0v) is 14.9. The second-order valence-corrected chi connectivity index (χ2v) is 12.2. The van der Waals surface area contributed by atoms with Gasteiger partial charge in [-0.1, -0.05) is 27.7 Å². The van der Waals surface area contributed by atoms with Gasteiger partial charge in [0.15, 0.2) is 0 Å². The molecule has 18 heavy (non-hydrogen) atoms. The van der Waals surface area contributed by atoms with Crippen LogP contribution in [0.15, 0.2) is 0 Å². The van der Waals surface area contributed by atoms with Crippen LogP contribution in [0.5, 0.6) is 0 Å². The molecule has 0 aliphatic rings. The van der Waals surface area contributed by atoms with Gasteiger partial charge in [-0.25, -0.2) is 8.93 Å². The first-order chi connectivity index (χ1) is 7.94. The maximum absolute atomic E-state index is 13.1. The van der Waals surface area contributed by atoms with Crippen molar-refractivity contribution in [2.75, 3.05) is 12.3 Å². The summed E-state index contributed by atoms with van der Waals surface area (Å²) in [6.07, 6.45) is 1.29. The highest BCUT2D eigenvalue weighted by Crippen LogP contribution is 2.59. The predicted molar refractivity (Wildman–Crippen MR) is 83.0 cm³/mol. The fraction of sp³-hybridized carbons (Fsp3) is 1.00. The van der Waals surface area contributed by atoms with Gasteiger partial charge >= 0.3 is 0 Å². The highest BCUT2D eigenvalue weighted by Gasteiger charge is 2.46. The molecule has 0 aromatic rings. The minimum absolute atomic E-state index is 0.175. The number of hydrogen-bond donors (Lipinski definition) is 1. The van der Waals surface area contributed by atoms with Gasteiger partial charge in [0.2, 0.25) is 0 Å². The van der Waals surface area contributed by atoms with Crippen LogP contribution in [-0.4, -0.2) is 26.6 Å². The van der Waals surface area contributed by atoms with Gasteiger partial charge < -0.3 is 4.57 Å². The van der Waals surface area contributed by atoms with Gasteiger partial charge in [0.05, 0.1) is 21.0 Å². The van der Waals surface area contributed by atoms with Gasteiger partial charge in [0, 0.05) is 0 Å². The fourth-order valence-electron chi connectivity index (χ4n) is 1.89. The smallest absolute Gasteiger partial charge is 0.107 e. The van der Waals surface area contributed by atoms with Crippen LogP contribution in [0.25, 0.3) is 0 Å². The van der Waals surface area contributed by atoms with Crippen molar-refractivity contribution in [3.05, 3.63) is 0 Å². The maximum Gasteiger partial charge on any atom is 0.107 e. The van der Waals surface area contributed by atoms with Crippen molar-refractivity contribution in [2.45, 2.75) is 65.4 Å². The minimum atomic E-state index is -2.39. The van der Waals surface area contributed by atoms with Crippen molar-refractivity contribution in [1.29, 1.82) is 0 Å². The zero-order chi connectivity index (χ0) is 14.8. The lowest BCUT2D eigenvalue weighted by Gasteiger charge is -2.42. The molecule has 3 nitrogen and oxygen atoms in total. The molecule has 0 fully saturated rings. The molecule has 110 valence electrons. The molecule has 0 aliphatic carbocycles. The Bertz CT molecular complexity index is 341. The summed E-state index contributed by atoms with van der Waals surface area (Å²) in [6.45, 7) is 15.8. The normalized spacial score (nSPS) is 18.7. The molecule has 0 saturated carbocycles. The molecule has 0 aromatic carbocycles. The summed E-state index contributed by atoms with van der Waals surface area (Å²) in [4.78, 5) is 0. The summed E-state index contributed by atoms with van der Waals surface area (Å²) in [6, 6.07) is 0. The van der Waals surface area contributed by atoms with E-state index < -0.39 is 23.4 Å². The highest BCUT2D eigenvalue weighted by atomic mass is 32.2. The Kier molecular flexibility index (Phi) is 6.31. The number of nitrogens with one attached hydrogen (secondary N) is 1. The summed E-state index contributed by atoms with van der Waals surface area (Å²) in [7, 11) is -3.59. The first-order valence-electron chi connectivity index (χ1n) is 6.72. The second kappa shape index (κ2) is 6.19. The average Bonchev–Trinajstić information content (AvgIpc) is 2.25. The standard InChI is InChI=1S/C13H30NO2PS/c1-9-17(15,10-2)13(8,11(3)4)14-18(16)12(5,6)7/h11,14H,9-10H2,1-8H3/t13-,18-/m0/s1. The molecule has 1 N–H and O–H groups in total. The number of hydrogen-bond acceptors (Lipinski definition) is 2. The summed E-state index contributed by atoms with van der Waals surface area (Å²) in [5.74, 6) is 0.175. The lowest BCUT2D eigenvalue weighted by atomic mass is 10.1. The fourth-order valence-corrected chi connectivity index (χ4v) is 6.43. The van der Waals surface area contributed by atoms with E-state index in [4.69, 9.17) is 0 Å². The minimum Gasteiger partial charge on any atom is -0.322 e. The summed E-state index contributed by atoms with van der Waals surface area (Å²) >= 11 is 0. The molecule has 2 atom stereocenters. The van der Waals surface area contributed by atoms with E-state index >= 15 is 0 Å². The lowest BCUT2D eigenvalue weighted by Crippen LogP contribution is -2.51. The van der Waals surface area contributed by atoms with Crippen molar-refractivity contribution in [2.24, 2.45) is 5.92 Å². The van der Waals surface area contributed by atoms with Crippen LogP contribution in [0, 0.1) is 5.92 Å². The van der Waals surface area contributed by atoms with Crippen LogP contribution in [0.1, 0.15) is 55.4 Å². The van der Waals surface area contributed by atoms with E-state index in [1.54, 1.807) is 0 Å². The van der Waals surface area contributed by atoms with Crippen molar-refractivity contribution >= 4 is 18.1 Å². The van der Waals surface area contributed by atoms with E-state index in [1.807, 2.05) is 55.4 Å². The molecule has 0 amide bonds.